The second-order valence-electron chi connectivity index (χ2n) is 3.63. The first-order chi connectivity index (χ1) is 9.03. The summed E-state index contributed by atoms with van der Waals surface area (Å²) in [4.78, 5) is 7.79. The van der Waals surface area contributed by atoms with Gasteiger partial charge in [0.15, 0.2) is 5.82 Å². The normalized spacial score (nSPS) is 11.3. The molecule has 0 amide bonds. The SMILES string of the molecule is CCNc1ncccc1S(=O)(=O)Nc1nc(C)no1. The summed E-state index contributed by atoms with van der Waals surface area (Å²) in [7, 11) is -3.82. The van der Waals surface area contributed by atoms with Crippen molar-refractivity contribution in [2.24, 2.45) is 0 Å². The van der Waals surface area contributed by atoms with Gasteiger partial charge in [-0.2, -0.15) is 4.98 Å². The van der Waals surface area contributed by atoms with Gasteiger partial charge in [0.25, 0.3) is 10.0 Å². The average molecular weight is 283 g/mol. The van der Waals surface area contributed by atoms with Gasteiger partial charge >= 0.3 is 6.01 Å². The zero-order chi connectivity index (χ0) is 13.9. The first kappa shape index (κ1) is 13.3. The number of nitrogens with one attached hydrogen (secondary N) is 2. The van der Waals surface area contributed by atoms with E-state index in [0.29, 0.717) is 12.4 Å². The lowest BCUT2D eigenvalue weighted by Crippen LogP contribution is -2.16. The highest BCUT2D eigenvalue weighted by Crippen LogP contribution is 2.20. The van der Waals surface area contributed by atoms with Crippen LogP contribution in [0.25, 0.3) is 0 Å². The molecule has 0 spiro atoms. The van der Waals surface area contributed by atoms with E-state index in [1.165, 1.54) is 18.3 Å². The summed E-state index contributed by atoms with van der Waals surface area (Å²) in [5.41, 5.74) is 0. The third-order valence-electron chi connectivity index (χ3n) is 2.15. The predicted molar refractivity (Wildman–Crippen MR) is 68.2 cm³/mol. The molecule has 0 radical (unpaired) electrons. The van der Waals surface area contributed by atoms with E-state index < -0.39 is 10.0 Å². The van der Waals surface area contributed by atoms with Crippen LogP contribution in [0.4, 0.5) is 11.8 Å². The molecule has 0 saturated heterocycles. The zero-order valence-electron chi connectivity index (χ0n) is 10.4. The van der Waals surface area contributed by atoms with E-state index in [1.54, 1.807) is 6.92 Å². The van der Waals surface area contributed by atoms with Crippen molar-refractivity contribution in [2.75, 3.05) is 16.6 Å². The van der Waals surface area contributed by atoms with Crippen LogP contribution < -0.4 is 10.0 Å². The van der Waals surface area contributed by atoms with Crippen LogP contribution in [0.2, 0.25) is 0 Å². The summed E-state index contributed by atoms with van der Waals surface area (Å²) < 4.78 is 31.3. The zero-order valence-corrected chi connectivity index (χ0v) is 11.2. The molecule has 0 bridgehead atoms. The first-order valence-corrected chi connectivity index (χ1v) is 7.03. The van der Waals surface area contributed by atoms with Crippen LogP contribution in [0, 0.1) is 6.92 Å². The Kier molecular flexibility index (Phi) is 3.65. The Morgan fingerprint density at radius 1 is 1.42 bits per heavy atom. The number of rotatable bonds is 5. The summed E-state index contributed by atoms with van der Waals surface area (Å²) >= 11 is 0. The van der Waals surface area contributed by atoms with Crippen LogP contribution >= 0.6 is 0 Å². The summed E-state index contributed by atoms with van der Waals surface area (Å²) in [6.45, 7) is 3.99. The number of hydrogen-bond acceptors (Lipinski definition) is 7. The van der Waals surface area contributed by atoms with Gasteiger partial charge in [0.1, 0.15) is 10.7 Å². The van der Waals surface area contributed by atoms with E-state index in [9.17, 15) is 8.42 Å². The largest absolute Gasteiger partial charge is 0.369 e. The molecule has 2 aromatic heterocycles. The molecule has 0 aliphatic carbocycles. The quantitative estimate of drug-likeness (QED) is 0.842. The van der Waals surface area contributed by atoms with Gasteiger partial charge in [-0.1, -0.05) is 5.16 Å². The molecular formula is C10H13N5O3S. The minimum absolute atomic E-state index is 0.0210. The van der Waals surface area contributed by atoms with Crippen LogP contribution in [-0.2, 0) is 10.0 Å². The second-order valence-corrected chi connectivity index (χ2v) is 5.28. The highest BCUT2D eigenvalue weighted by Gasteiger charge is 2.21. The maximum atomic E-state index is 12.2. The number of aromatic nitrogens is 3. The van der Waals surface area contributed by atoms with Crippen LogP contribution in [0.5, 0.6) is 0 Å². The Morgan fingerprint density at radius 2 is 2.21 bits per heavy atom. The lowest BCUT2D eigenvalue weighted by atomic mass is 10.4. The molecular weight excluding hydrogens is 270 g/mol. The van der Waals surface area contributed by atoms with E-state index in [2.05, 4.69) is 25.2 Å². The van der Waals surface area contributed by atoms with E-state index in [-0.39, 0.29) is 16.7 Å². The highest BCUT2D eigenvalue weighted by atomic mass is 32.2. The molecule has 19 heavy (non-hydrogen) atoms. The Hall–Kier alpha value is -2.16. The number of sulfonamides is 1. The number of pyridine rings is 1. The molecule has 0 saturated carbocycles. The van der Waals surface area contributed by atoms with Crippen LogP contribution in [0.3, 0.4) is 0 Å². The molecule has 0 aliphatic heterocycles. The molecule has 0 aliphatic rings. The minimum Gasteiger partial charge on any atom is -0.369 e. The van der Waals surface area contributed by atoms with Crippen LogP contribution in [0.1, 0.15) is 12.7 Å². The monoisotopic (exact) mass is 283 g/mol. The number of aryl methyl sites for hydroxylation is 1. The fourth-order valence-electron chi connectivity index (χ4n) is 1.42. The van der Waals surface area contributed by atoms with E-state index in [4.69, 9.17) is 4.52 Å². The predicted octanol–water partition coefficient (Wildman–Crippen LogP) is 1.01. The molecule has 2 N–H and O–H groups in total. The molecule has 8 nitrogen and oxygen atoms in total. The smallest absolute Gasteiger partial charge is 0.335 e. The van der Waals surface area contributed by atoms with Crippen LogP contribution in [-0.4, -0.2) is 30.1 Å². The van der Waals surface area contributed by atoms with Gasteiger partial charge in [-0.15, -0.1) is 0 Å². The van der Waals surface area contributed by atoms with Gasteiger partial charge in [-0.25, -0.2) is 18.1 Å². The molecule has 2 rings (SSSR count). The summed E-state index contributed by atoms with van der Waals surface area (Å²) in [6.07, 6.45) is 1.51. The molecule has 0 aromatic carbocycles. The lowest BCUT2D eigenvalue weighted by molar-refractivity contribution is 0.429. The van der Waals surface area contributed by atoms with E-state index in [1.807, 2.05) is 6.92 Å². The van der Waals surface area contributed by atoms with Crippen molar-refractivity contribution in [1.82, 2.24) is 15.1 Å². The van der Waals surface area contributed by atoms with Gasteiger partial charge in [-0.3, -0.25) is 0 Å². The Morgan fingerprint density at radius 3 is 2.84 bits per heavy atom. The maximum Gasteiger partial charge on any atom is 0.335 e. The summed E-state index contributed by atoms with van der Waals surface area (Å²) in [6, 6.07) is 2.80. The molecule has 0 fully saturated rings. The van der Waals surface area contributed by atoms with Crippen molar-refractivity contribution >= 4 is 21.9 Å². The highest BCUT2D eigenvalue weighted by molar-refractivity contribution is 7.92. The third kappa shape index (κ3) is 2.99. The van der Waals surface area contributed by atoms with Crippen molar-refractivity contribution in [3.63, 3.8) is 0 Å². The van der Waals surface area contributed by atoms with Crippen molar-refractivity contribution in [3.05, 3.63) is 24.2 Å². The standard InChI is InChI=1S/C10H13N5O3S/c1-3-11-9-8(5-4-6-12-9)19(16,17)15-10-13-7(2)14-18-10/h4-6H,3H2,1-2H3,(H,11,12)(H,13,14,15). The molecule has 2 heterocycles. The topological polar surface area (TPSA) is 110 Å². The van der Waals surface area contributed by atoms with Gasteiger partial charge in [0, 0.05) is 12.7 Å². The summed E-state index contributed by atoms with van der Waals surface area (Å²) in [5, 5.41) is 6.39. The van der Waals surface area contributed by atoms with Gasteiger partial charge in [0.2, 0.25) is 0 Å². The van der Waals surface area contributed by atoms with Crippen molar-refractivity contribution < 1.29 is 12.9 Å². The first-order valence-electron chi connectivity index (χ1n) is 5.55. The summed E-state index contributed by atoms with van der Waals surface area (Å²) in [5.74, 6) is 0.615. The van der Waals surface area contributed by atoms with E-state index >= 15 is 0 Å². The fraction of sp³-hybridized carbons (Fsp3) is 0.300. The third-order valence-corrected chi connectivity index (χ3v) is 3.51. The van der Waals surface area contributed by atoms with Gasteiger partial charge in [0.05, 0.1) is 0 Å². The maximum absolute atomic E-state index is 12.2. The fourth-order valence-corrected chi connectivity index (χ4v) is 2.48. The second kappa shape index (κ2) is 5.22. The van der Waals surface area contributed by atoms with Gasteiger partial charge < -0.3 is 9.84 Å². The Bertz CT molecular complexity index is 667. The van der Waals surface area contributed by atoms with E-state index in [0.717, 1.165) is 0 Å². The van der Waals surface area contributed by atoms with Crippen molar-refractivity contribution in [1.29, 1.82) is 0 Å². The average Bonchev–Trinajstić information content (AvgIpc) is 2.75. The Balaban J connectivity index is 2.34. The van der Waals surface area contributed by atoms with Gasteiger partial charge in [-0.05, 0) is 26.0 Å². The number of hydrogen-bond donors (Lipinski definition) is 2. The lowest BCUT2D eigenvalue weighted by Gasteiger charge is -2.09. The molecule has 2 aromatic rings. The number of anilines is 2. The van der Waals surface area contributed by atoms with Crippen LogP contribution in [0.15, 0.2) is 27.7 Å². The Labute approximate surface area is 110 Å². The number of nitrogens with zero attached hydrogens (tertiary/aromatic N) is 3. The van der Waals surface area contributed by atoms with Crippen molar-refractivity contribution in [2.45, 2.75) is 18.7 Å². The van der Waals surface area contributed by atoms with Crippen molar-refractivity contribution in [3.8, 4) is 0 Å². The molecule has 9 heteroatoms. The molecule has 0 atom stereocenters. The molecule has 102 valence electrons. The minimum atomic E-state index is -3.82. The molecule has 0 unspecified atom stereocenters.